The maximum Gasteiger partial charge on any atom is 0.191 e. The maximum absolute atomic E-state index is 5.36. The summed E-state index contributed by atoms with van der Waals surface area (Å²) < 4.78 is 10.7. The number of halogens is 1. The molecule has 2 aliphatic rings. The van der Waals surface area contributed by atoms with E-state index >= 15 is 0 Å². The smallest absolute Gasteiger partial charge is 0.191 e. The molecule has 2 N–H and O–H groups in total. The number of nitrogens with one attached hydrogen (secondary N) is 2. The van der Waals surface area contributed by atoms with Crippen LogP contribution < -0.4 is 10.6 Å². The average Bonchev–Trinajstić information content (AvgIpc) is 2.57. The first-order valence-electron chi connectivity index (χ1n) is 8.46. The zero-order valence-corrected chi connectivity index (χ0v) is 16.5. The van der Waals surface area contributed by atoms with Crippen LogP contribution in [0.2, 0.25) is 0 Å². The molecule has 0 aromatic carbocycles. The number of ether oxygens (including phenoxy) is 2. The van der Waals surface area contributed by atoms with Crippen molar-refractivity contribution in [1.82, 2.24) is 15.5 Å². The number of hydrogen-bond acceptors (Lipinski definition) is 4. The first kappa shape index (κ1) is 20.7. The first-order chi connectivity index (χ1) is 10.9. The third-order valence-corrected chi connectivity index (χ3v) is 3.93. The lowest BCUT2D eigenvalue weighted by atomic mass is 10.1. The van der Waals surface area contributed by atoms with E-state index in [0.29, 0.717) is 0 Å². The Bertz CT molecular complexity index is 371. The molecule has 7 heteroatoms. The van der Waals surface area contributed by atoms with Gasteiger partial charge in [0.1, 0.15) is 0 Å². The van der Waals surface area contributed by atoms with E-state index in [2.05, 4.69) is 33.5 Å². The molecule has 0 saturated carbocycles. The van der Waals surface area contributed by atoms with E-state index in [1.807, 2.05) is 0 Å². The molecule has 0 spiro atoms. The van der Waals surface area contributed by atoms with Crippen LogP contribution in [0.3, 0.4) is 0 Å². The molecule has 1 saturated heterocycles. The lowest BCUT2D eigenvalue weighted by Gasteiger charge is -2.25. The van der Waals surface area contributed by atoms with Gasteiger partial charge in [0.05, 0.1) is 33.0 Å². The topological polar surface area (TPSA) is 58.1 Å². The summed E-state index contributed by atoms with van der Waals surface area (Å²) in [7, 11) is 0. The van der Waals surface area contributed by atoms with Crippen molar-refractivity contribution in [3.8, 4) is 0 Å². The van der Waals surface area contributed by atoms with E-state index in [1.54, 1.807) is 0 Å². The third-order valence-electron chi connectivity index (χ3n) is 3.93. The maximum atomic E-state index is 5.36. The van der Waals surface area contributed by atoms with Gasteiger partial charge >= 0.3 is 0 Å². The number of rotatable bonds is 7. The Kier molecular flexibility index (Phi) is 11.7. The fraction of sp³-hybridized carbons (Fsp3) is 0.812. The van der Waals surface area contributed by atoms with Crippen molar-refractivity contribution in [2.75, 3.05) is 65.7 Å². The second-order valence-corrected chi connectivity index (χ2v) is 5.58. The highest BCUT2D eigenvalue weighted by Crippen LogP contribution is 2.10. The van der Waals surface area contributed by atoms with Gasteiger partial charge in [-0.2, -0.15) is 0 Å². The summed E-state index contributed by atoms with van der Waals surface area (Å²) in [6.45, 7) is 11.1. The predicted octanol–water partition coefficient (Wildman–Crippen LogP) is 1.23. The van der Waals surface area contributed by atoms with Crippen molar-refractivity contribution in [1.29, 1.82) is 0 Å². The molecule has 0 amide bonds. The predicted molar refractivity (Wildman–Crippen MR) is 105 cm³/mol. The van der Waals surface area contributed by atoms with Crippen LogP contribution in [-0.2, 0) is 9.47 Å². The fourth-order valence-electron chi connectivity index (χ4n) is 2.60. The van der Waals surface area contributed by atoms with Gasteiger partial charge in [-0.1, -0.05) is 11.6 Å². The molecular weight excluding hydrogens is 407 g/mol. The van der Waals surface area contributed by atoms with E-state index in [0.717, 1.165) is 84.5 Å². The molecule has 2 aliphatic heterocycles. The van der Waals surface area contributed by atoms with Crippen LogP contribution in [0, 0.1) is 0 Å². The van der Waals surface area contributed by atoms with Crippen LogP contribution in [0.15, 0.2) is 16.6 Å². The summed E-state index contributed by atoms with van der Waals surface area (Å²) in [5.41, 5.74) is 1.49. The van der Waals surface area contributed by atoms with E-state index in [4.69, 9.17) is 9.47 Å². The molecule has 0 atom stereocenters. The second-order valence-electron chi connectivity index (χ2n) is 5.58. The SMILES string of the molecule is CCNC(=NCCN1CCOCC1)NCCC1=CCOCC1.I. The van der Waals surface area contributed by atoms with Gasteiger partial charge in [-0.25, -0.2) is 0 Å². The van der Waals surface area contributed by atoms with Gasteiger partial charge in [0.2, 0.25) is 0 Å². The van der Waals surface area contributed by atoms with Gasteiger partial charge in [0.25, 0.3) is 0 Å². The van der Waals surface area contributed by atoms with Gasteiger partial charge in [-0.05, 0) is 19.8 Å². The zero-order valence-electron chi connectivity index (χ0n) is 14.2. The summed E-state index contributed by atoms with van der Waals surface area (Å²) in [5, 5.41) is 6.73. The van der Waals surface area contributed by atoms with Gasteiger partial charge < -0.3 is 20.1 Å². The lowest BCUT2D eigenvalue weighted by Crippen LogP contribution is -2.40. The van der Waals surface area contributed by atoms with Crippen LogP contribution in [0.25, 0.3) is 0 Å². The van der Waals surface area contributed by atoms with E-state index < -0.39 is 0 Å². The molecule has 0 aromatic rings. The minimum absolute atomic E-state index is 0. The Balaban J connectivity index is 0.00000264. The van der Waals surface area contributed by atoms with Crippen molar-refractivity contribution in [2.24, 2.45) is 4.99 Å². The summed E-state index contributed by atoms with van der Waals surface area (Å²) in [6.07, 6.45) is 4.33. The highest BCUT2D eigenvalue weighted by Gasteiger charge is 2.09. The van der Waals surface area contributed by atoms with Crippen LogP contribution in [0.1, 0.15) is 19.8 Å². The highest BCUT2D eigenvalue weighted by atomic mass is 127. The molecule has 0 unspecified atom stereocenters. The molecule has 2 rings (SSSR count). The highest BCUT2D eigenvalue weighted by molar-refractivity contribution is 14.0. The fourth-order valence-corrected chi connectivity index (χ4v) is 2.60. The minimum atomic E-state index is 0. The number of nitrogens with zero attached hydrogens (tertiary/aromatic N) is 2. The Morgan fingerprint density at radius 1 is 1.22 bits per heavy atom. The van der Waals surface area contributed by atoms with Crippen molar-refractivity contribution >= 4 is 29.9 Å². The largest absolute Gasteiger partial charge is 0.379 e. The van der Waals surface area contributed by atoms with Crippen molar-refractivity contribution in [3.05, 3.63) is 11.6 Å². The van der Waals surface area contributed by atoms with Gasteiger partial charge in [-0.15, -0.1) is 24.0 Å². The first-order valence-corrected chi connectivity index (χ1v) is 8.46. The van der Waals surface area contributed by atoms with E-state index in [9.17, 15) is 0 Å². The Labute approximate surface area is 157 Å². The Hall–Kier alpha value is -0.380. The number of aliphatic imine (C=N–C) groups is 1. The van der Waals surface area contributed by atoms with Crippen LogP contribution in [0.5, 0.6) is 0 Å². The zero-order chi connectivity index (χ0) is 15.5. The van der Waals surface area contributed by atoms with Crippen LogP contribution in [-0.4, -0.2) is 76.6 Å². The van der Waals surface area contributed by atoms with E-state index in [1.165, 1.54) is 5.57 Å². The monoisotopic (exact) mass is 438 g/mol. The second kappa shape index (κ2) is 13.0. The number of morpholine rings is 1. The quantitative estimate of drug-likeness (QED) is 0.271. The molecule has 23 heavy (non-hydrogen) atoms. The standard InChI is InChI=1S/C16H30N4O2.HI/c1-2-17-16(18-6-3-15-4-11-21-12-5-15)19-7-8-20-9-13-22-14-10-20;/h4H,2-3,5-14H2,1H3,(H2,17,18,19);1H. The van der Waals surface area contributed by atoms with Crippen LogP contribution >= 0.6 is 24.0 Å². The van der Waals surface area contributed by atoms with Crippen LogP contribution in [0.4, 0.5) is 0 Å². The third kappa shape index (κ3) is 8.88. The van der Waals surface area contributed by atoms with Crippen molar-refractivity contribution in [2.45, 2.75) is 19.8 Å². The molecule has 6 nitrogen and oxygen atoms in total. The molecule has 0 aliphatic carbocycles. The average molecular weight is 438 g/mol. The molecule has 1 fully saturated rings. The normalized spacial score (nSPS) is 19.7. The number of guanidine groups is 1. The van der Waals surface area contributed by atoms with Gasteiger partial charge in [0, 0.05) is 32.7 Å². The van der Waals surface area contributed by atoms with Gasteiger partial charge in [-0.3, -0.25) is 9.89 Å². The summed E-state index contributed by atoms with van der Waals surface area (Å²) >= 11 is 0. The summed E-state index contributed by atoms with van der Waals surface area (Å²) in [4.78, 5) is 7.06. The minimum Gasteiger partial charge on any atom is -0.379 e. The lowest BCUT2D eigenvalue weighted by molar-refractivity contribution is 0.0394. The van der Waals surface area contributed by atoms with E-state index in [-0.39, 0.29) is 24.0 Å². The Morgan fingerprint density at radius 2 is 2.04 bits per heavy atom. The molecule has 0 bridgehead atoms. The number of hydrogen-bond donors (Lipinski definition) is 2. The van der Waals surface area contributed by atoms with Gasteiger partial charge in [0.15, 0.2) is 5.96 Å². The van der Waals surface area contributed by atoms with Crippen molar-refractivity contribution < 1.29 is 9.47 Å². The molecule has 134 valence electrons. The summed E-state index contributed by atoms with van der Waals surface area (Å²) in [6, 6.07) is 0. The molecule has 0 aromatic heterocycles. The summed E-state index contributed by atoms with van der Waals surface area (Å²) in [5.74, 6) is 0.920. The van der Waals surface area contributed by atoms with Crippen molar-refractivity contribution in [3.63, 3.8) is 0 Å². The molecular formula is C16H31IN4O2. The molecule has 2 heterocycles. The Morgan fingerprint density at radius 3 is 2.74 bits per heavy atom. The molecule has 0 radical (unpaired) electrons.